The number of alkyl halides is 3. The summed E-state index contributed by atoms with van der Waals surface area (Å²) in [5, 5.41) is 0. The number of hydrogen-bond donors (Lipinski definition) is 1. The van der Waals surface area contributed by atoms with Crippen LogP contribution in [-0.2, 0) is 30.9 Å². The van der Waals surface area contributed by atoms with Crippen LogP contribution >= 0.6 is 0 Å². The van der Waals surface area contributed by atoms with Gasteiger partial charge in [0, 0.05) is 25.7 Å². The number of anilines is 1. The highest BCUT2D eigenvalue weighted by molar-refractivity contribution is 7.93. The molecule has 0 aromatic heterocycles. The van der Waals surface area contributed by atoms with Gasteiger partial charge in [-0.25, -0.2) is 0 Å². The monoisotopic (exact) mass is 394 g/mol. The first-order valence-electron chi connectivity index (χ1n) is 7.63. The third kappa shape index (κ3) is 4.87. The van der Waals surface area contributed by atoms with E-state index in [0.29, 0.717) is 24.9 Å². The molecule has 144 valence electrons. The molecule has 0 saturated carbocycles. The van der Waals surface area contributed by atoms with Gasteiger partial charge in [0.2, 0.25) is 0 Å². The van der Waals surface area contributed by atoms with Crippen LogP contribution in [-0.4, -0.2) is 43.4 Å². The standard InChI is InChI=1S/C15H17F3N2O5S/c1-10(21)25-13-3-2-8-20(14(13)22)9-11-4-6-12(7-5-11)19-26(23,24)15(16,17)18/h4-7,13,19H,2-3,8-9H2,1H3. The average molecular weight is 394 g/mol. The number of benzene rings is 1. The van der Waals surface area contributed by atoms with Crippen LogP contribution in [0.2, 0.25) is 0 Å². The van der Waals surface area contributed by atoms with Crippen LogP contribution in [0.25, 0.3) is 0 Å². The molecule has 11 heteroatoms. The van der Waals surface area contributed by atoms with Gasteiger partial charge in [-0.05, 0) is 30.5 Å². The third-order valence-corrected chi connectivity index (χ3v) is 4.79. The van der Waals surface area contributed by atoms with Crippen molar-refractivity contribution in [3.8, 4) is 0 Å². The molecule has 1 N–H and O–H groups in total. The maximum absolute atomic E-state index is 12.3. The summed E-state index contributed by atoms with van der Waals surface area (Å²) in [6.07, 6.45) is 0.249. The molecule has 1 unspecified atom stereocenters. The van der Waals surface area contributed by atoms with E-state index in [4.69, 9.17) is 4.74 Å². The number of likely N-dealkylation sites (tertiary alicyclic amines) is 1. The van der Waals surface area contributed by atoms with Crippen molar-refractivity contribution >= 4 is 27.6 Å². The number of nitrogens with one attached hydrogen (secondary N) is 1. The third-order valence-electron chi connectivity index (χ3n) is 3.67. The Hall–Kier alpha value is -2.30. The minimum absolute atomic E-state index is 0.170. The summed E-state index contributed by atoms with van der Waals surface area (Å²) in [6.45, 7) is 1.84. The molecule has 1 aromatic rings. The fourth-order valence-corrected chi connectivity index (χ4v) is 3.05. The molecule has 1 aliphatic heterocycles. The number of carbonyl (C=O) groups is 2. The largest absolute Gasteiger partial charge is 0.516 e. The Labute approximate surface area is 148 Å². The Bertz CT molecular complexity index is 777. The van der Waals surface area contributed by atoms with E-state index in [-0.39, 0.29) is 18.1 Å². The van der Waals surface area contributed by atoms with Crippen LogP contribution in [0.4, 0.5) is 18.9 Å². The number of piperidine rings is 1. The van der Waals surface area contributed by atoms with E-state index in [1.165, 1.54) is 40.8 Å². The zero-order chi connectivity index (χ0) is 19.5. The first kappa shape index (κ1) is 20.0. The summed E-state index contributed by atoms with van der Waals surface area (Å²) in [6, 6.07) is 5.18. The van der Waals surface area contributed by atoms with Crippen LogP contribution in [0.1, 0.15) is 25.3 Å². The maximum atomic E-state index is 12.3. The maximum Gasteiger partial charge on any atom is 0.516 e. The lowest BCUT2D eigenvalue weighted by Gasteiger charge is -2.31. The Morgan fingerprint density at radius 2 is 1.92 bits per heavy atom. The van der Waals surface area contributed by atoms with E-state index >= 15 is 0 Å². The van der Waals surface area contributed by atoms with E-state index in [2.05, 4.69) is 0 Å². The van der Waals surface area contributed by atoms with Gasteiger partial charge in [-0.3, -0.25) is 14.3 Å². The van der Waals surface area contributed by atoms with E-state index < -0.39 is 27.6 Å². The number of esters is 1. The van der Waals surface area contributed by atoms with Gasteiger partial charge in [0.25, 0.3) is 5.91 Å². The summed E-state index contributed by atoms with van der Waals surface area (Å²) < 4.78 is 65.6. The summed E-state index contributed by atoms with van der Waals surface area (Å²) >= 11 is 0. The van der Waals surface area contributed by atoms with Gasteiger partial charge >= 0.3 is 21.5 Å². The Morgan fingerprint density at radius 3 is 2.46 bits per heavy atom. The highest BCUT2D eigenvalue weighted by Crippen LogP contribution is 2.26. The van der Waals surface area contributed by atoms with E-state index in [0.717, 1.165) is 0 Å². The van der Waals surface area contributed by atoms with Gasteiger partial charge in [0.1, 0.15) is 0 Å². The predicted molar refractivity (Wildman–Crippen MR) is 85.2 cm³/mol. The van der Waals surface area contributed by atoms with Crippen molar-refractivity contribution in [3.63, 3.8) is 0 Å². The number of hydrogen-bond acceptors (Lipinski definition) is 5. The van der Waals surface area contributed by atoms with Crippen molar-refractivity contribution in [1.82, 2.24) is 4.90 Å². The second-order valence-corrected chi connectivity index (χ2v) is 7.42. The Kier molecular flexibility index (Phi) is 5.79. The molecular weight excluding hydrogens is 377 g/mol. The van der Waals surface area contributed by atoms with Gasteiger partial charge in [-0.1, -0.05) is 12.1 Å². The summed E-state index contributed by atoms with van der Waals surface area (Å²) in [5.41, 5.74) is -5.05. The number of halogens is 3. The summed E-state index contributed by atoms with van der Waals surface area (Å²) in [7, 11) is -5.48. The number of sulfonamides is 1. The minimum Gasteiger partial charge on any atom is -0.452 e. The lowest BCUT2D eigenvalue weighted by Crippen LogP contribution is -2.45. The number of nitrogens with zero attached hydrogens (tertiary/aromatic N) is 1. The number of ether oxygens (including phenoxy) is 1. The molecule has 26 heavy (non-hydrogen) atoms. The number of rotatable bonds is 5. The molecule has 7 nitrogen and oxygen atoms in total. The fraction of sp³-hybridized carbons (Fsp3) is 0.467. The van der Waals surface area contributed by atoms with Crippen molar-refractivity contribution in [2.45, 2.75) is 37.9 Å². The topological polar surface area (TPSA) is 92.8 Å². The van der Waals surface area contributed by atoms with Crippen LogP contribution in [0.5, 0.6) is 0 Å². The van der Waals surface area contributed by atoms with Gasteiger partial charge < -0.3 is 9.64 Å². The highest BCUT2D eigenvalue weighted by atomic mass is 32.2. The highest BCUT2D eigenvalue weighted by Gasteiger charge is 2.46. The average Bonchev–Trinajstić information content (AvgIpc) is 2.51. The molecule has 0 spiro atoms. The minimum atomic E-state index is -5.48. The van der Waals surface area contributed by atoms with Crippen molar-refractivity contribution in [2.24, 2.45) is 0 Å². The van der Waals surface area contributed by atoms with Gasteiger partial charge in [-0.2, -0.15) is 21.6 Å². The molecule has 0 bridgehead atoms. The molecule has 1 atom stereocenters. The van der Waals surface area contributed by atoms with Crippen LogP contribution in [0.3, 0.4) is 0 Å². The molecule has 1 aliphatic rings. The van der Waals surface area contributed by atoms with E-state index in [1.807, 2.05) is 0 Å². The fourth-order valence-electron chi connectivity index (χ4n) is 2.48. The number of amides is 1. The molecule has 0 aliphatic carbocycles. The predicted octanol–water partition coefficient (Wildman–Crippen LogP) is 2.00. The SMILES string of the molecule is CC(=O)OC1CCCN(Cc2ccc(NS(=O)(=O)C(F)(F)F)cc2)C1=O. The van der Waals surface area contributed by atoms with E-state index in [1.54, 1.807) is 0 Å². The lowest BCUT2D eigenvalue weighted by atomic mass is 10.1. The van der Waals surface area contributed by atoms with Crippen LogP contribution < -0.4 is 4.72 Å². The van der Waals surface area contributed by atoms with Gasteiger partial charge in [-0.15, -0.1) is 0 Å². The molecule has 0 radical (unpaired) electrons. The first-order valence-corrected chi connectivity index (χ1v) is 9.12. The van der Waals surface area contributed by atoms with Crippen LogP contribution in [0, 0.1) is 0 Å². The molecule has 1 amide bonds. The lowest BCUT2D eigenvalue weighted by molar-refractivity contribution is -0.162. The summed E-state index contributed by atoms with van der Waals surface area (Å²) in [5.74, 6) is -0.889. The van der Waals surface area contributed by atoms with Crippen molar-refractivity contribution in [3.05, 3.63) is 29.8 Å². The molecule has 1 heterocycles. The first-order chi connectivity index (χ1) is 12.0. The van der Waals surface area contributed by atoms with Gasteiger partial charge in [0.05, 0.1) is 0 Å². The normalized spacial score (nSPS) is 18.5. The summed E-state index contributed by atoms with van der Waals surface area (Å²) in [4.78, 5) is 24.8. The van der Waals surface area contributed by atoms with Gasteiger partial charge in [0.15, 0.2) is 6.10 Å². The molecule has 1 aromatic carbocycles. The van der Waals surface area contributed by atoms with Crippen LogP contribution in [0.15, 0.2) is 24.3 Å². The Morgan fingerprint density at radius 1 is 1.31 bits per heavy atom. The molecular formula is C15H17F3N2O5S. The van der Waals surface area contributed by atoms with Crippen molar-refractivity contribution in [1.29, 1.82) is 0 Å². The second-order valence-electron chi connectivity index (χ2n) is 5.75. The zero-order valence-corrected chi connectivity index (χ0v) is 14.6. The Balaban J connectivity index is 2.03. The quantitative estimate of drug-likeness (QED) is 0.772. The van der Waals surface area contributed by atoms with Crippen molar-refractivity contribution in [2.75, 3.05) is 11.3 Å². The molecule has 1 fully saturated rings. The zero-order valence-electron chi connectivity index (χ0n) is 13.7. The molecule has 2 rings (SSSR count). The van der Waals surface area contributed by atoms with Crippen molar-refractivity contribution < 1.29 is 35.9 Å². The van der Waals surface area contributed by atoms with E-state index in [9.17, 15) is 31.2 Å². The number of carbonyl (C=O) groups excluding carboxylic acids is 2. The molecule has 1 saturated heterocycles. The second kappa shape index (κ2) is 7.52. The smallest absolute Gasteiger partial charge is 0.452 e.